The fraction of sp³-hybridized carbons (Fsp3) is 0.429. The molecule has 0 bridgehead atoms. The van der Waals surface area contributed by atoms with Crippen LogP contribution in [-0.2, 0) is 4.79 Å². The molecule has 5 nitrogen and oxygen atoms in total. The summed E-state index contributed by atoms with van der Waals surface area (Å²) in [5.74, 6) is -3.48. The lowest BCUT2D eigenvalue weighted by Crippen LogP contribution is -2.21. The number of halogens is 3. The summed E-state index contributed by atoms with van der Waals surface area (Å²) in [5, 5.41) is 0. The third-order valence-corrected chi connectivity index (χ3v) is 7.05. The van der Waals surface area contributed by atoms with Gasteiger partial charge in [0, 0.05) is 5.56 Å². The number of hydrogen-bond donors (Lipinski definition) is 0. The SMILES string of the molecule is CCCCCCCCOc1ccc(-c2ccc(OC(=O)c3ccc(OC(=O)C(F)CCCCCC)cc3)cc2)c(F)c1F. The lowest BCUT2D eigenvalue weighted by molar-refractivity contribution is -0.140. The van der Waals surface area contributed by atoms with E-state index in [-0.39, 0.29) is 34.8 Å². The molecule has 0 spiro atoms. The van der Waals surface area contributed by atoms with Gasteiger partial charge in [-0.2, -0.15) is 4.39 Å². The first-order valence-corrected chi connectivity index (χ1v) is 15.2. The van der Waals surface area contributed by atoms with Gasteiger partial charge in [0.2, 0.25) is 5.82 Å². The lowest BCUT2D eigenvalue weighted by atomic mass is 10.0. The molecule has 3 rings (SSSR count). The van der Waals surface area contributed by atoms with Crippen molar-refractivity contribution >= 4 is 11.9 Å². The quantitative estimate of drug-likeness (QED) is 0.0829. The van der Waals surface area contributed by atoms with Gasteiger partial charge in [0.1, 0.15) is 11.5 Å². The minimum absolute atomic E-state index is 0.0592. The molecule has 0 aliphatic rings. The van der Waals surface area contributed by atoms with E-state index in [0.29, 0.717) is 18.6 Å². The van der Waals surface area contributed by atoms with Crippen molar-refractivity contribution in [3.63, 3.8) is 0 Å². The zero-order chi connectivity index (χ0) is 31.0. The Morgan fingerprint density at radius 3 is 1.93 bits per heavy atom. The highest BCUT2D eigenvalue weighted by atomic mass is 19.2. The Bertz CT molecular complexity index is 1290. The number of esters is 2. The molecule has 3 aromatic rings. The number of benzene rings is 3. The number of carbonyl (C=O) groups excluding carboxylic acids is 2. The van der Waals surface area contributed by atoms with Gasteiger partial charge < -0.3 is 14.2 Å². The molecule has 1 unspecified atom stereocenters. The van der Waals surface area contributed by atoms with Crippen LogP contribution < -0.4 is 14.2 Å². The Kier molecular flexibility index (Phi) is 14.1. The molecule has 1 atom stereocenters. The molecule has 0 amide bonds. The maximum atomic E-state index is 14.8. The zero-order valence-corrected chi connectivity index (χ0v) is 25.0. The van der Waals surface area contributed by atoms with Crippen LogP contribution in [0.25, 0.3) is 11.1 Å². The fourth-order valence-electron chi connectivity index (χ4n) is 4.51. The molecule has 0 radical (unpaired) electrons. The molecule has 0 aliphatic carbocycles. The van der Waals surface area contributed by atoms with Crippen LogP contribution in [-0.4, -0.2) is 24.7 Å². The maximum absolute atomic E-state index is 14.8. The molecular formula is C35H41F3O5. The lowest BCUT2D eigenvalue weighted by Gasteiger charge is -2.11. The summed E-state index contributed by atoms with van der Waals surface area (Å²) in [6, 6.07) is 14.5. The maximum Gasteiger partial charge on any atom is 0.346 e. The van der Waals surface area contributed by atoms with Crippen LogP contribution in [0.2, 0.25) is 0 Å². The molecule has 0 heterocycles. The van der Waals surface area contributed by atoms with Crippen molar-refractivity contribution in [2.75, 3.05) is 6.61 Å². The fourth-order valence-corrected chi connectivity index (χ4v) is 4.51. The summed E-state index contributed by atoms with van der Waals surface area (Å²) in [6.07, 6.45) is 8.30. The van der Waals surface area contributed by atoms with Crippen molar-refractivity contribution in [2.45, 2.75) is 90.6 Å². The van der Waals surface area contributed by atoms with Gasteiger partial charge >= 0.3 is 11.9 Å². The number of ether oxygens (including phenoxy) is 3. The van der Waals surface area contributed by atoms with Crippen molar-refractivity contribution in [2.24, 2.45) is 0 Å². The van der Waals surface area contributed by atoms with Crippen molar-refractivity contribution in [1.29, 1.82) is 0 Å². The number of rotatable bonds is 18. The van der Waals surface area contributed by atoms with Gasteiger partial charge in [0.15, 0.2) is 17.7 Å². The van der Waals surface area contributed by atoms with Crippen LogP contribution in [0, 0.1) is 11.6 Å². The Morgan fingerprint density at radius 1 is 0.674 bits per heavy atom. The van der Waals surface area contributed by atoms with Crippen LogP contribution in [0.5, 0.6) is 17.2 Å². The normalized spacial score (nSPS) is 11.7. The Balaban J connectivity index is 1.51. The summed E-state index contributed by atoms with van der Waals surface area (Å²) in [7, 11) is 0. The van der Waals surface area contributed by atoms with Crippen LogP contribution in [0.15, 0.2) is 60.7 Å². The second-order valence-corrected chi connectivity index (χ2v) is 10.5. The topological polar surface area (TPSA) is 61.8 Å². The summed E-state index contributed by atoms with van der Waals surface area (Å²) in [5.41, 5.74) is 0.648. The molecule has 0 fully saturated rings. The third-order valence-electron chi connectivity index (χ3n) is 7.05. The van der Waals surface area contributed by atoms with Crippen LogP contribution in [0.3, 0.4) is 0 Å². The van der Waals surface area contributed by atoms with Crippen LogP contribution in [0.1, 0.15) is 94.8 Å². The van der Waals surface area contributed by atoms with E-state index in [1.54, 1.807) is 0 Å². The monoisotopic (exact) mass is 598 g/mol. The molecule has 0 saturated carbocycles. The predicted molar refractivity (Wildman–Crippen MR) is 161 cm³/mol. The standard InChI is InChI=1S/C35H41F3O5/c1-3-5-7-9-10-12-24-41-31-23-22-29(32(37)33(31)38)25-14-18-27(19-15-25)42-34(39)26-16-20-28(21-17-26)43-35(40)30(36)13-11-8-6-4-2/h14-23,30H,3-13,24H2,1-2H3. The summed E-state index contributed by atoms with van der Waals surface area (Å²) in [6.45, 7) is 4.53. The van der Waals surface area contributed by atoms with Crippen molar-refractivity contribution in [3.8, 4) is 28.4 Å². The van der Waals surface area contributed by atoms with Gasteiger partial charge in [-0.25, -0.2) is 18.4 Å². The Labute approximate surface area is 252 Å². The zero-order valence-electron chi connectivity index (χ0n) is 25.0. The Morgan fingerprint density at radius 2 is 1.26 bits per heavy atom. The highest BCUT2D eigenvalue weighted by Crippen LogP contribution is 2.31. The van der Waals surface area contributed by atoms with E-state index in [1.807, 2.05) is 0 Å². The van der Waals surface area contributed by atoms with Crippen molar-refractivity contribution < 1.29 is 37.0 Å². The molecule has 0 aliphatic heterocycles. The number of carbonyl (C=O) groups is 2. The number of alkyl halides is 1. The average molecular weight is 599 g/mol. The second kappa shape index (κ2) is 18.0. The Hall–Kier alpha value is -3.81. The largest absolute Gasteiger partial charge is 0.490 e. The highest BCUT2D eigenvalue weighted by Gasteiger charge is 2.20. The molecule has 3 aromatic carbocycles. The molecular weight excluding hydrogens is 557 g/mol. The summed E-state index contributed by atoms with van der Waals surface area (Å²) < 4.78 is 59.5. The van der Waals surface area contributed by atoms with Gasteiger partial charge in [-0.05, 0) is 73.4 Å². The molecule has 43 heavy (non-hydrogen) atoms. The van der Waals surface area contributed by atoms with E-state index in [4.69, 9.17) is 14.2 Å². The van der Waals surface area contributed by atoms with Gasteiger partial charge in [0.05, 0.1) is 12.2 Å². The summed E-state index contributed by atoms with van der Waals surface area (Å²) in [4.78, 5) is 24.6. The first-order valence-electron chi connectivity index (χ1n) is 15.2. The first-order chi connectivity index (χ1) is 20.8. The smallest absolute Gasteiger partial charge is 0.346 e. The van der Waals surface area contributed by atoms with Gasteiger partial charge in [-0.3, -0.25) is 0 Å². The van der Waals surface area contributed by atoms with Crippen molar-refractivity contribution in [1.82, 2.24) is 0 Å². The number of hydrogen-bond acceptors (Lipinski definition) is 5. The van der Waals surface area contributed by atoms with E-state index in [0.717, 1.165) is 38.5 Å². The van der Waals surface area contributed by atoms with E-state index in [9.17, 15) is 22.8 Å². The van der Waals surface area contributed by atoms with E-state index in [1.165, 1.54) is 79.9 Å². The van der Waals surface area contributed by atoms with Gasteiger partial charge in [-0.1, -0.05) is 77.3 Å². The third kappa shape index (κ3) is 10.8. The molecule has 0 saturated heterocycles. The number of unbranched alkanes of at least 4 members (excludes halogenated alkanes) is 8. The van der Waals surface area contributed by atoms with E-state index >= 15 is 0 Å². The molecule has 0 aromatic heterocycles. The van der Waals surface area contributed by atoms with Gasteiger partial charge in [-0.15, -0.1) is 0 Å². The molecule has 0 N–H and O–H groups in total. The van der Waals surface area contributed by atoms with Crippen molar-refractivity contribution in [3.05, 3.63) is 77.9 Å². The summed E-state index contributed by atoms with van der Waals surface area (Å²) >= 11 is 0. The van der Waals surface area contributed by atoms with E-state index < -0.39 is 29.7 Å². The minimum Gasteiger partial charge on any atom is -0.490 e. The van der Waals surface area contributed by atoms with Gasteiger partial charge in [0.25, 0.3) is 0 Å². The van der Waals surface area contributed by atoms with Crippen LogP contribution in [0.4, 0.5) is 13.2 Å². The average Bonchev–Trinajstić information content (AvgIpc) is 3.01. The van der Waals surface area contributed by atoms with Crippen LogP contribution >= 0.6 is 0 Å². The molecule has 8 heteroatoms. The molecule has 232 valence electrons. The highest BCUT2D eigenvalue weighted by molar-refractivity contribution is 5.91. The minimum atomic E-state index is -1.70. The van der Waals surface area contributed by atoms with E-state index in [2.05, 4.69) is 13.8 Å². The predicted octanol–water partition coefficient (Wildman–Crippen LogP) is 9.80. The second-order valence-electron chi connectivity index (χ2n) is 10.5. The first kappa shape index (κ1) is 33.7.